The summed E-state index contributed by atoms with van der Waals surface area (Å²) < 4.78 is 2.04. The molecule has 1 N–H and O–H groups in total. The lowest BCUT2D eigenvalue weighted by atomic mass is 10.1. The van der Waals surface area contributed by atoms with Gasteiger partial charge in [-0.05, 0) is 18.6 Å². The molecule has 0 saturated carbocycles. The summed E-state index contributed by atoms with van der Waals surface area (Å²) in [5.74, 6) is 0. The van der Waals surface area contributed by atoms with Crippen molar-refractivity contribution in [2.24, 2.45) is 0 Å². The van der Waals surface area contributed by atoms with Gasteiger partial charge in [0.25, 0.3) is 0 Å². The average Bonchev–Trinajstić information content (AvgIpc) is 2.89. The van der Waals surface area contributed by atoms with Crippen molar-refractivity contribution in [3.8, 4) is 6.07 Å². The predicted octanol–water partition coefficient (Wildman–Crippen LogP) is 1.93. The van der Waals surface area contributed by atoms with Crippen molar-refractivity contribution in [3.63, 3.8) is 0 Å². The Bertz CT molecular complexity index is 525. The van der Waals surface area contributed by atoms with Crippen LogP contribution in [0.15, 0.2) is 43.0 Å². The van der Waals surface area contributed by atoms with Crippen LogP contribution in [0.25, 0.3) is 0 Å². The molecule has 0 aliphatic heterocycles. The van der Waals surface area contributed by atoms with E-state index in [-0.39, 0.29) is 0 Å². The van der Waals surface area contributed by atoms with Gasteiger partial charge in [-0.25, -0.2) is 4.98 Å². The van der Waals surface area contributed by atoms with Crippen LogP contribution < -0.4 is 5.32 Å². The van der Waals surface area contributed by atoms with Crippen molar-refractivity contribution in [1.82, 2.24) is 14.9 Å². The maximum atomic E-state index is 9.00. The molecule has 0 bridgehead atoms. The fourth-order valence-electron chi connectivity index (χ4n) is 1.84. The Labute approximate surface area is 107 Å². The number of nitrogens with one attached hydrogen (secondary N) is 1. The van der Waals surface area contributed by atoms with Gasteiger partial charge in [0.2, 0.25) is 0 Å². The highest BCUT2D eigenvalue weighted by Gasteiger charge is 2.04. The zero-order valence-corrected chi connectivity index (χ0v) is 10.4. The zero-order chi connectivity index (χ0) is 12.8. The molecule has 0 amide bonds. The van der Waals surface area contributed by atoms with Crippen LogP contribution in [-0.2, 0) is 13.1 Å². The van der Waals surface area contributed by atoms with E-state index in [1.54, 1.807) is 12.5 Å². The van der Waals surface area contributed by atoms with Gasteiger partial charge in [0.1, 0.15) is 0 Å². The highest BCUT2D eigenvalue weighted by molar-refractivity contribution is 5.37. The smallest absolute Gasteiger partial charge is 0.0995 e. The van der Waals surface area contributed by atoms with Gasteiger partial charge in [0, 0.05) is 31.5 Å². The number of imidazole rings is 1. The molecular weight excluding hydrogens is 224 g/mol. The van der Waals surface area contributed by atoms with Crippen LogP contribution in [0.4, 0.5) is 0 Å². The highest BCUT2D eigenvalue weighted by atomic mass is 15.1. The average molecular weight is 240 g/mol. The van der Waals surface area contributed by atoms with Gasteiger partial charge in [0.05, 0.1) is 18.0 Å². The van der Waals surface area contributed by atoms with E-state index < -0.39 is 0 Å². The van der Waals surface area contributed by atoms with E-state index >= 15 is 0 Å². The molecule has 1 aromatic carbocycles. The van der Waals surface area contributed by atoms with E-state index in [2.05, 4.69) is 23.3 Å². The number of hydrogen-bond donors (Lipinski definition) is 1. The lowest BCUT2D eigenvalue weighted by Crippen LogP contribution is -2.29. The Hall–Kier alpha value is -2.12. The van der Waals surface area contributed by atoms with E-state index in [0.717, 1.165) is 17.7 Å². The first-order chi connectivity index (χ1) is 8.79. The minimum atomic E-state index is 0.325. The molecule has 2 aromatic rings. The summed E-state index contributed by atoms with van der Waals surface area (Å²) in [5, 5.41) is 12.4. The second-order valence-corrected chi connectivity index (χ2v) is 4.31. The molecule has 4 heteroatoms. The SMILES string of the molecule is CC(Cn1ccnc1)NCc1ccccc1C#N. The fourth-order valence-corrected chi connectivity index (χ4v) is 1.84. The van der Waals surface area contributed by atoms with Gasteiger partial charge in [-0.2, -0.15) is 5.26 Å². The minimum Gasteiger partial charge on any atom is -0.336 e. The molecule has 4 nitrogen and oxygen atoms in total. The Morgan fingerprint density at radius 3 is 3.00 bits per heavy atom. The molecule has 2 rings (SSSR count). The maximum Gasteiger partial charge on any atom is 0.0995 e. The van der Waals surface area contributed by atoms with Gasteiger partial charge in [-0.3, -0.25) is 0 Å². The largest absolute Gasteiger partial charge is 0.336 e. The van der Waals surface area contributed by atoms with Crippen LogP contribution >= 0.6 is 0 Å². The molecule has 92 valence electrons. The number of aromatic nitrogens is 2. The number of rotatable bonds is 5. The summed E-state index contributed by atoms with van der Waals surface area (Å²) in [6.45, 7) is 3.70. The van der Waals surface area contributed by atoms with Crippen LogP contribution in [0.3, 0.4) is 0 Å². The Morgan fingerprint density at radius 2 is 2.28 bits per heavy atom. The number of benzene rings is 1. The number of hydrogen-bond acceptors (Lipinski definition) is 3. The highest BCUT2D eigenvalue weighted by Crippen LogP contribution is 2.07. The molecule has 0 fully saturated rings. The maximum absolute atomic E-state index is 9.00. The van der Waals surface area contributed by atoms with Gasteiger partial charge in [-0.1, -0.05) is 18.2 Å². The molecule has 0 aliphatic carbocycles. The first-order valence-corrected chi connectivity index (χ1v) is 5.96. The molecule has 1 aromatic heterocycles. The fraction of sp³-hybridized carbons (Fsp3) is 0.286. The van der Waals surface area contributed by atoms with E-state index in [1.807, 2.05) is 35.0 Å². The van der Waals surface area contributed by atoms with E-state index in [1.165, 1.54) is 0 Å². The Morgan fingerprint density at radius 1 is 1.44 bits per heavy atom. The summed E-state index contributed by atoms with van der Waals surface area (Å²) in [6, 6.07) is 10.2. The summed E-state index contributed by atoms with van der Waals surface area (Å²) in [6.07, 6.45) is 5.53. The topological polar surface area (TPSA) is 53.6 Å². The first-order valence-electron chi connectivity index (χ1n) is 5.96. The van der Waals surface area contributed by atoms with Gasteiger partial charge >= 0.3 is 0 Å². The van der Waals surface area contributed by atoms with Crippen LogP contribution in [0.2, 0.25) is 0 Å². The predicted molar refractivity (Wildman–Crippen MR) is 69.7 cm³/mol. The van der Waals surface area contributed by atoms with Crippen LogP contribution in [0.1, 0.15) is 18.1 Å². The van der Waals surface area contributed by atoms with E-state index in [4.69, 9.17) is 5.26 Å². The quantitative estimate of drug-likeness (QED) is 0.868. The second kappa shape index (κ2) is 5.99. The summed E-state index contributed by atoms with van der Waals surface area (Å²) in [5.41, 5.74) is 1.78. The molecule has 1 atom stereocenters. The van der Waals surface area contributed by atoms with Crippen molar-refractivity contribution in [3.05, 3.63) is 54.1 Å². The van der Waals surface area contributed by atoms with Crippen molar-refractivity contribution in [2.75, 3.05) is 0 Å². The third-order valence-corrected chi connectivity index (χ3v) is 2.82. The second-order valence-electron chi connectivity index (χ2n) is 4.31. The summed E-state index contributed by atoms with van der Waals surface area (Å²) in [7, 11) is 0. The standard InChI is InChI=1S/C14H16N4/c1-12(10-18-7-6-16-11-18)17-9-14-5-3-2-4-13(14)8-15/h2-7,11-12,17H,9-10H2,1H3. The molecule has 0 radical (unpaired) electrons. The molecule has 1 unspecified atom stereocenters. The van der Waals surface area contributed by atoms with Gasteiger partial charge in [0.15, 0.2) is 0 Å². The molecule has 0 saturated heterocycles. The Kier molecular flexibility index (Phi) is 4.11. The normalized spacial score (nSPS) is 12.0. The van der Waals surface area contributed by atoms with Gasteiger partial charge < -0.3 is 9.88 Å². The van der Waals surface area contributed by atoms with Crippen LogP contribution in [-0.4, -0.2) is 15.6 Å². The van der Waals surface area contributed by atoms with Crippen LogP contribution in [0.5, 0.6) is 0 Å². The molecule has 18 heavy (non-hydrogen) atoms. The van der Waals surface area contributed by atoms with Crippen molar-refractivity contribution in [1.29, 1.82) is 5.26 Å². The van der Waals surface area contributed by atoms with Crippen molar-refractivity contribution >= 4 is 0 Å². The number of nitrogens with zero attached hydrogens (tertiary/aromatic N) is 3. The monoisotopic (exact) mass is 240 g/mol. The molecular formula is C14H16N4. The lowest BCUT2D eigenvalue weighted by molar-refractivity contribution is 0.476. The van der Waals surface area contributed by atoms with Crippen molar-refractivity contribution < 1.29 is 0 Å². The third kappa shape index (κ3) is 3.19. The first kappa shape index (κ1) is 12.3. The molecule has 0 aliphatic rings. The Balaban J connectivity index is 1.89. The van der Waals surface area contributed by atoms with Crippen LogP contribution in [0, 0.1) is 11.3 Å². The lowest BCUT2D eigenvalue weighted by Gasteiger charge is -2.14. The molecule has 1 heterocycles. The third-order valence-electron chi connectivity index (χ3n) is 2.82. The summed E-state index contributed by atoms with van der Waals surface area (Å²) in [4.78, 5) is 4.01. The minimum absolute atomic E-state index is 0.325. The van der Waals surface area contributed by atoms with Gasteiger partial charge in [-0.15, -0.1) is 0 Å². The van der Waals surface area contributed by atoms with E-state index in [0.29, 0.717) is 12.6 Å². The van der Waals surface area contributed by atoms with Crippen molar-refractivity contribution in [2.45, 2.75) is 26.1 Å². The summed E-state index contributed by atoms with van der Waals surface area (Å²) >= 11 is 0. The number of nitriles is 1. The zero-order valence-electron chi connectivity index (χ0n) is 10.4. The molecule has 0 spiro atoms. The van der Waals surface area contributed by atoms with E-state index in [9.17, 15) is 0 Å².